The van der Waals surface area contributed by atoms with Crippen LogP contribution in [0.3, 0.4) is 0 Å². The Kier molecular flexibility index (Phi) is 6.35. The van der Waals surface area contributed by atoms with E-state index in [0.29, 0.717) is 16.3 Å². The summed E-state index contributed by atoms with van der Waals surface area (Å²) in [6.07, 6.45) is 0.746. The number of halogens is 1. The van der Waals surface area contributed by atoms with Crippen molar-refractivity contribution >= 4 is 56.8 Å². The average Bonchev–Trinajstić information content (AvgIpc) is 3.36. The third kappa shape index (κ3) is 4.43. The van der Waals surface area contributed by atoms with Gasteiger partial charge in [-0.1, -0.05) is 42.0 Å². The zero-order valence-corrected chi connectivity index (χ0v) is 19.9. The highest BCUT2D eigenvalue weighted by atomic mass is 35.5. The first-order valence-corrected chi connectivity index (χ1v) is 11.3. The Hall–Kier alpha value is -3.08. The Morgan fingerprint density at radius 1 is 1.25 bits per heavy atom. The van der Waals surface area contributed by atoms with Gasteiger partial charge in [0, 0.05) is 22.7 Å². The molecule has 0 spiro atoms. The van der Waals surface area contributed by atoms with Crippen LogP contribution in [0, 0.1) is 6.92 Å². The number of anilines is 1. The Morgan fingerprint density at radius 2 is 2.06 bits per heavy atom. The summed E-state index contributed by atoms with van der Waals surface area (Å²) < 4.78 is 7.00. The zero-order valence-electron chi connectivity index (χ0n) is 17.5. The predicted octanol–water partition coefficient (Wildman–Crippen LogP) is 4.51. The number of ether oxygens (including phenoxy) is 1. The van der Waals surface area contributed by atoms with Gasteiger partial charge in [0.25, 0.3) is 5.91 Å². The number of amides is 1. The van der Waals surface area contributed by atoms with E-state index in [9.17, 15) is 4.79 Å². The van der Waals surface area contributed by atoms with Gasteiger partial charge in [-0.05, 0) is 49.0 Å². The standard InChI is InChI=1S/C21H19ClN6O2S2/c1-4-17-25-26-21-28(17)27-19(32-21)12-6-5-11(2)15(9-12)23-20(31)24-18(29)14-10-13(22)7-8-16(14)30-3/h5-10H,4H2,1-3H3,(H2,23,24,29,31). The summed E-state index contributed by atoms with van der Waals surface area (Å²) in [5.41, 5.74) is 2.91. The molecule has 4 aromatic rings. The molecule has 2 aromatic carbocycles. The molecule has 0 fully saturated rings. The monoisotopic (exact) mass is 486 g/mol. The van der Waals surface area contributed by atoms with Crippen LogP contribution < -0.4 is 15.4 Å². The number of aryl methyl sites for hydroxylation is 2. The fraction of sp³-hybridized carbons (Fsp3) is 0.190. The maximum absolute atomic E-state index is 12.7. The van der Waals surface area contributed by atoms with E-state index in [4.69, 9.17) is 28.6 Å². The van der Waals surface area contributed by atoms with Gasteiger partial charge in [0.2, 0.25) is 4.96 Å². The van der Waals surface area contributed by atoms with Crippen molar-refractivity contribution in [3.05, 3.63) is 58.4 Å². The van der Waals surface area contributed by atoms with E-state index in [1.54, 1.807) is 16.6 Å². The number of methoxy groups -OCH3 is 1. The molecule has 0 atom stereocenters. The van der Waals surface area contributed by atoms with Gasteiger partial charge in [-0.15, -0.1) is 10.2 Å². The highest BCUT2D eigenvalue weighted by molar-refractivity contribution is 7.80. The van der Waals surface area contributed by atoms with Gasteiger partial charge < -0.3 is 10.1 Å². The van der Waals surface area contributed by atoms with Crippen molar-refractivity contribution < 1.29 is 9.53 Å². The van der Waals surface area contributed by atoms with Crippen molar-refractivity contribution in [2.75, 3.05) is 12.4 Å². The van der Waals surface area contributed by atoms with Crippen molar-refractivity contribution in [3.63, 3.8) is 0 Å². The Morgan fingerprint density at radius 3 is 2.81 bits per heavy atom. The van der Waals surface area contributed by atoms with E-state index in [1.165, 1.54) is 24.5 Å². The van der Waals surface area contributed by atoms with E-state index in [-0.39, 0.29) is 5.11 Å². The normalized spacial score (nSPS) is 10.9. The highest BCUT2D eigenvalue weighted by Crippen LogP contribution is 2.29. The number of rotatable bonds is 5. The smallest absolute Gasteiger partial charge is 0.261 e. The van der Waals surface area contributed by atoms with Crippen LogP contribution in [0.25, 0.3) is 15.5 Å². The number of nitrogens with zero attached hydrogens (tertiary/aromatic N) is 4. The molecule has 1 amide bonds. The lowest BCUT2D eigenvalue weighted by atomic mass is 10.1. The maximum Gasteiger partial charge on any atom is 0.261 e. The van der Waals surface area contributed by atoms with Gasteiger partial charge in [-0.3, -0.25) is 10.1 Å². The van der Waals surface area contributed by atoms with Crippen LogP contribution in [-0.4, -0.2) is 37.9 Å². The van der Waals surface area contributed by atoms with Gasteiger partial charge in [0.15, 0.2) is 10.9 Å². The van der Waals surface area contributed by atoms with Gasteiger partial charge in [0.05, 0.1) is 12.7 Å². The third-order valence-corrected chi connectivity index (χ3v) is 6.12. The summed E-state index contributed by atoms with van der Waals surface area (Å²) in [7, 11) is 1.49. The van der Waals surface area contributed by atoms with Crippen LogP contribution in [0.15, 0.2) is 36.4 Å². The minimum atomic E-state index is -0.420. The molecule has 0 saturated carbocycles. The molecule has 0 radical (unpaired) electrons. The van der Waals surface area contributed by atoms with Gasteiger partial charge in [-0.2, -0.15) is 9.61 Å². The van der Waals surface area contributed by atoms with Crippen molar-refractivity contribution in [2.24, 2.45) is 0 Å². The molecule has 0 aliphatic rings. The molecule has 0 saturated heterocycles. The Bertz CT molecular complexity index is 1330. The molecule has 2 heterocycles. The second-order valence-electron chi connectivity index (χ2n) is 6.85. The molecular weight excluding hydrogens is 468 g/mol. The van der Waals surface area contributed by atoms with Crippen molar-refractivity contribution in [2.45, 2.75) is 20.3 Å². The summed E-state index contributed by atoms with van der Waals surface area (Å²) in [6.45, 7) is 3.96. The van der Waals surface area contributed by atoms with Gasteiger partial charge >= 0.3 is 0 Å². The second-order valence-corrected chi connectivity index (χ2v) is 8.65. The summed E-state index contributed by atoms with van der Waals surface area (Å²) in [5.74, 6) is 0.798. The van der Waals surface area contributed by atoms with E-state index < -0.39 is 5.91 Å². The lowest BCUT2D eigenvalue weighted by Gasteiger charge is -2.14. The number of hydrogen-bond acceptors (Lipinski definition) is 7. The van der Waals surface area contributed by atoms with E-state index >= 15 is 0 Å². The molecule has 32 heavy (non-hydrogen) atoms. The molecule has 0 unspecified atom stereocenters. The summed E-state index contributed by atoms with van der Waals surface area (Å²) >= 11 is 12.8. The van der Waals surface area contributed by atoms with Gasteiger partial charge in [0.1, 0.15) is 10.8 Å². The quantitative estimate of drug-likeness (QED) is 0.401. The minimum absolute atomic E-state index is 0.156. The molecule has 2 N–H and O–H groups in total. The summed E-state index contributed by atoms with van der Waals surface area (Å²) in [4.78, 5) is 13.4. The molecule has 8 nitrogen and oxygen atoms in total. The largest absolute Gasteiger partial charge is 0.496 e. The Balaban J connectivity index is 1.54. The maximum atomic E-state index is 12.7. The first-order chi connectivity index (χ1) is 15.4. The van der Waals surface area contributed by atoms with Crippen molar-refractivity contribution in [3.8, 4) is 16.3 Å². The SMILES string of the molecule is CCc1nnc2sc(-c3ccc(C)c(NC(=S)NC(=O)c4cc(Cl)ccc4OC)c3)nn12. The molecule has 0 aliphatic heterocycles. The Labute approximate surface area is 198 Å². The molecule has 2 aromatic heterocycles. The fourth-order valence-corrected chi connectivity index (χ4v) is 4.30. The fourth-order valence-electron chi connectivity index (χ4n) is 3.07. The van der Waals surface area contributed by atoms with Crippen LogP contribution >= 0.6 is 35.2 Å². The van der Waals surface area contributed by atoms with E-state index in [1.807, 2.05) is 32.0 Å². The number of carbonyl (C=O) groups excluding carboxylic acids is 1. The second kappa shape index (κ2) is 9.19. The van der Waals surface area contributed by atoms with Crippen LogP contribution in [0.5, 0.6) is 5.75 Å². The molecule has 164 valence electrons. The lowest BCUT2D eigenvalue weighted by Crippen LogP contribution is -2.34. The van der Waals surface area contributed by atoms with E-state index in [2.05, 4.69) is 25.9 Å². The van der Waals surface area contributed by atoms with Crippen LogP contribution in [0.2, 0.25) is 5.02 Å². The zero-order chi connectivity index (χ0) is 22.8. The number of carbonyl (C=O) groups is 1. The first-order valence-electron chi connectivity index (χ1n) is 9.67. The molecule has 0 aliphatic carbocycles. The predicted molar refractivity (Wildman–Crippen MR) is 130 cm³/mol. The molecular formula is C21H19ClN6O2S2. The lowest BCUT2D eigenvalue weighted by molar-refractivity contribution is 0.0975. The average molecular weight is 487 g/mol. The van der Waals surface area contributed by atoms with Gasteiger partial charge in [-0.25, -0.2) is 0 Å². The van der Waals surface area contributed by atoms with Crippen LogP contribution in [-0.2, 0) is 6.42 Å². The molecule has 0 bridgehead atoms. The van der Waals surface area contributed by atoms with Crippen molar-refractivity contribution in [1.29, 1.82) is 0 Å². The molecule has 11 heteroatoms. The number of fused-ring (bicyclic) bond motifs is 1. The summed E-state index contributed by atoms with van der Waals surface area (Å²) in [6, 6.07) is 10.7. The number of nitrogens with one attached hydrogen (secondary N) is 2. The summed E-state index contributed by atoms with van der Waals surface area (Å²) in [5, 5.41) is 20.1. The van der Waals surface area contributed by atoms with Crippen LogP contribution in [0.4, 0.5) is 5.69 Å². The highest BCUT2D eigenvalue weighted by Gasteiger charge is 2.16. The topological polar surface area (TPSA) is 93.4 Å². The van der Waals surface area contributed by atoms with Crippen LogP contribution in [0.1, 0.15) is 28.7 Å². The number of aromatic nitrogens is 4. The number of hydrogen-bond donors (Lipinski definition) is 2. The number of thiocarbonyl (C=S) groups is 1. The first kappa shape index (κ1) is 22.1. The number of benzene rings is 2. The minimum Gasteiger partial charge on any atom is -0.496 e. The third-order valence-electron chi connectivity index (χ3n) is 4.74. The van der Waals surface area contributed by atoms with Crippen molar-refractivity contribution in [1.82, 2.24) is 25.1 Å². The molecule has 4 rings (SSSR count). The van der Waals surface area contributed by atoms with E-state index in [0.717, 1.165) is 39.0 Å².